The Morgan fingerprint density at radius 2 is 2.29 bits per heavy atom. The molecule has 116 valence electrons. The second-order valence-electron chi connectivity index (χ2n) is 4.24. The van der Waals surface area contributed by atoms with E-state index in [2.05, 4.69) is 5.10 Å². The highest BCUT2D eigenvalue weighted by molar-refractivity contribution is 7.09. The van der Waals surface area contributed by atoms with E-state index in [1.54, 1.807) is 12.1 Å². The first kappa shape index (κ1) is 17.0. The summed E-state index contributed by atoms with van der Waals surface area (Å²) in [5, 5.41) is 14.3. The topological polar surface area (TPSA) is 154 Å². The van der Waals surface area contributed by atoms with Crippen LogP contribution in [0.25, 0.3) is 0 Å². The largest absolute Gasteiger partial charge is 0.364 e. The SMILES string of the molecule is NCCC[C@@H](N)C(=O)N(Cc1cccs1)/C(N)=N\[N+](=O)[O-]. The monoisotopic (exact) mass is 314 g/mol. The summed E-state index contributed by atoms with van der Waals surface area (Å²) in [6, 6.07) is 2.77. The van der Waals surface area contributed by atoms with Crippen molar-refractivity contribution in [3.8, 4) is 0 Å². The van der Waals surface area contributed by atoms with Crippen LogP contribution in [0.2, 0.25) is 0 Å². The number of nitro groups is 1. The van der Waals surface area contributed by atoms with Crippen molar-refractivity contribution in [1.29, 1.82) is 0 Å². The van der Waals surface area contributed by atoms with Gasteiger partial charge in [-0.05, 0) is 30.8 Å². The molecule has 6 N–H and O–H groups in total. The standard InChI is InChI=1S/C11H18N6O3S/c12-5-1-4-9(13)10(18)16(11(14)15-17(19)20)7-8-3-2-6-21-8/h2-3,6,9H,1,4-5,7,12-13H2,(H2,14,15)/t9-/m1/s1. The van der Waals surface area contributed by atoms with Crippen molar-refractivity contribution in [3.63, 3.8) is 0 Å². The van der Waals surface area contributed by atoms with Gasteiger partial charge in [0, 0.05) is 4.88 Å². The van der Waals surface area contributed by atoms with E-state index in [0.29, 0.717) is 19.4 Å². The molecule has 1 rings (SSSR count). The lowest BCUT2D eigenvalue weighted by atomic mass is 10.1. The van der Waals surface area contributed by atoms with Crippen LogP contribution >= 0.6 is 11.3 Å². The zero-order valence-electron chi connectivity index (χ0n) is 11.3. The van der Waals surface area contributed by atoms with Crippen molar-refractivity contribution in [3.05, 3.63) is 32.5 Å². The van der Waals surface area contributed by atoms with Gasteiger partial charge in [-0.25, -0.2) is 10.1 Å². The average Bonchev–Trinajstić information content (AvgIpc) is 2.93. The van der Waals surface area contributed by atoms with Gasteiger partial charge >= 0.3 is 0 Å². The summed E-state index contributed by atoms with van der Waals surface area (Å²) in [4.78, 5) is 24.6. The van der Waals surface area contributed by atoms with Crippen molar-refractivity contribution in [2.24, 2.45) is 22.3 Å². The molecule has 1 amide bonds. The van der Waals surface area contributed by atoms with E-state index in [1.807, 2.05) is 5.38 Å². The molecule has 0 spiro atoms. The molecule has 0 aromatic carbocycles. The highest BCUT2D eigenvalue weighted by Gasteiger charge is 2.25. The van der Waals surface area contributed by atoms with Crippen molar-refractivity contribution >= 4 is 23.2 Å². The van der Waals surface area contributed by atoms with E-state index in [4.69, 9.17) is 17.2 Å². The molecule has 1 aromatic heterocycles. The molecule has 10 heteroatoms. The van der Waals surface area contributed by atoms with Gasteiger partial charge in [0.25, 0.3) is 5.96 Å². The smallest absolute Gasteiger partial charge is 0.275 e. The lowest BCUT2D eigenvalue weighted by molar-refractivity contribution is -0.485. The first-order valence-corrected chi connectivity index (χ1v) is 7.11. The Morgan fingerprint density at radius 1 is 1.57 bits per heavy atom. The normalized spacial score (nSPS) is 13.0. The first-order chi connectivity index (χ1) is 9.95. The quantitative estimate of drug-likeness (QED) is 0.270. The molecular weight excluding hydrogens is 296 g/mol. The van der Waals surface area contributed by atoms with Crippen LogP contribution in [-0.4, -0.2) is 34.4 Å². The van der Waals surface area contributed by atoms with E-state index in [0.717, 1.165) is 9.78 Å². The summed E-state index contributed by atoms with van der Waals surface area (Å²) in [7, 11) is 0. The van der Waals surface area contributed by atoms with Crippen LogP contribution in [0, 0.1) is 10.1 Å². The molecule has 0 radical (unpaired) electrons. The lowest BCUT2D eigenvalue weighted by Crippen LogP contribution is -2.49. The van der Waals surface area contributed by atoms with Gasteiger partial charge in [-0.1, -0.05) is 6.07 Å². The van der Waals surface area contributed by atoms with Crippen molar-refractivity contribution in [1.82, 2.24) is 4.90 Å². The molecule has 9 nitrogen and oxygen atoms in total. The van der Waals surface area contributed by atoms with Gasteiger partial charge in [-0.15, -0.1) is 11.3 Å². The fourth-order valence-corrected chi connectivity index (χ4v) is 2.32. The number of carbonyl (C=O) groups excluding carboxylic acids is 1. The zero-order chi connectivity index (χ0) is 15.8. The molecule has 1 heterocycles. The molecule has 1 aromatic rings. The Kier molecular flexibility index (Phi) is 6.72. The zero-order valence-corrected chi connectivity index (χ0v) is 12.2. The van der Waals surface area contributed by atoms with Crippen LogP contribution in [0.1, 0.15) is 17.7 Å². The minimum atomic E-state index is -0.949. The van der Waals surface area contributed by atoms with Crippen LogP contribution < -0.4 is 17.2 Å². The minimum absolute atomic E-state index is 0.0933. The van der Waals surface area contributed by atoms with Gasteiger partial charge in [0.1, 0.15) is 5.10 Å². The molecule has 21 heavy (non-hydrogen) atoms. The molecule has 0 bridgehead atoms. The van der Waals surface area contributed by atoms with E-state index in [9.17, 15) is 14.9 Å². The summed E-state index contributed by atoms with van der Waals surface area (Å²) in [6.07, 6.45) is 0.952. The van der Waals surface area contributed by atoms with Crippen LogP contribution in [0.15, 0.2) is 22.6 Å². The second kappa shape index (κ2) is 8.29. The van der Waals surface area contributed by atoms with Crippen LogP contribution in [-0.2, 0) is 11.3 Å². The molecule has 0 saturated heterocycles. The third kappa shape index (κ3) is 5.45. The molecule has 0 aliphatic carbocycles. The fraction of sp³-hybridized carbons (Fsp3) is 0.455. The highest BCUT2D eigenvalue weighted by atomic mass is 32.1. The van der Waals surface area contributed by atoms with Crippen molar-refractivity contribution in [2.45, 2.75) is 25.4 Å². The number of hydrazone groups is 1. The number of rotatable bonds is 7. The molecule has 0 aliphatic heterocycles. The average molecular weight is 314 g/mol. The van der Waals surface area contributed by atoms with Gasteiger partial charge in [0.05, 0.1) is 12.6 Å². The summed E-state index contributed by atoms with van der Waals surface area (Å²) >= 11 is 1.40. The van der Waals surface area contributed by atoms with Crippen LogP contribution in [0.5, 0.6) is 0 Å². The number of nitrogens with zero attached hydrogens (tertiary/aromatic N) is 3. The van der Waals surface area contributed by atoms with Gasteiger partial charge in [-0.2, -0.15) is 0 Å². The summed E-state index contributed by atoms with van der Waals surface area (Å²) in [5.41, 5.74) is 16.7. The van der Waals surface area contributed by atoms with E-state index >= 15 is 0 Å². The predicted octanol–water partition coefficient (Wildman–Crippen LogP) is -0.351. The first-order valence-electron chi connectivity index (χ1n) is 6.23. The molecule has 0 saturated carbocycles. The highest BCUT2D eigenvalue weighted by Crippen LogP contribution is 2.13. The maximum absolute atomic E-state index is 12.3. The predicted molar refractivity (Wildman–Crippen MR) is 79.7 cm³/mol. The minimum Gasteiger partial charge on any atom is -0.364 e. The van der Waals surface area contributed by atoms with Gasteiger partial charge < -0.3 is 17.2 Å². The Balaban J connectivity index is 2.90. The summed E-state index contributed by atoms with van der Waals surface area (Å²) in [5.74, 6) is -0.999. The molecular formula is C11H18N6O3S. The number of amides is 1. The van der Waals surface area contributed by atoms with Crippen molar-refractivity contribution < 1.29 is 9.83 Å². The maximum Gasteiger partial charge on any atom is 0.275 e. The number of carbonyl (C=O) groups is 1. The summed E-state index contributed by atoms with van der Waals surface area (Å²) in [6.45, 7) is 0.500. The Labute approximate surface area is 125 Å². The third-order valence-electron chi connectivity index (χ3n) is 2.66. The number of nitrogens with two attached hydrogens (primary N) is 3. The second-order valence-corrected chi connectivity index (χ2v) is 5.27. The molecule has 0 aliphatic rings. The van der Waals surface area contributed by atoms with Crippen LogP contribution in [0.4, 0.5) is 0 Å². The number of guanidine groups is 1. The van der Waals surface area contributed by atoms with Gasteiger partial charge in [0.2, 0.25) is 5.91 Å². The van der Waals surface area contributed by atoms with Gasteiger partial charge in [0.15, 0.2) is 5.03 Å². The number of hydrogen-bond acceptors (Lipinski definition) is 6. The van der Waals surface area contributed by atoms with Crippen LogP contribution in [0.3, 0.4) is 0 Å². The van der Waals surface area contributed by atoms with Crippen molar-refractivity contribution in [2.75, 3.05) is 6.54 Å². The van der Waals surface area contributed by atoms with Gasteiger partial charge in [-0.3, -0.25) is 9.69 Å². The Morgan fingerprint density at radius 3 is 2.81 bits per heavy atom. The number of hydrogen-bond donors (Lipinski definition) is 3. The molecule has 1 atom stereocenters. The third-order valence-corrected chi connectivity index (χ3v) is 3.52. The Hall–Kier alpha value is -2.04. The summed E-state index contributed by atoms with van der Waals surface area (Å²) < 4.78 is 0. The van der Waals surface area contributed by atoms with E-state index in [-0.39, 0.29) is 6.54 Å². The molecule has 0 fully saturated rings. The van der Waals surface area contributed by atoms with E-state index < -0.39 is 22.9 Å². The Bertz CT molecular complexity index is 504. The fourth-order valence-electron chi connectivity index (χ4n) is 1.63. The van der Waals surface area contributed by atoms with E-state index in [1.165, 1.54) is 11.3 Å². The maximum atomic E-state index is 12.3. The number of thiophene rings is 1. The lowest BCUT2D eigenvalue weighted by Gasteiger charge is -2.22. The molecule has 0 unspecified atom stereocenters.